The number of aromatic hydroxyl groups is 1. The van der Waals surface area contributed by atoms with E-state index in [1.54, 1.807) is 10.9 Å². The number of amides is 1. The number of aromatic nitrogens is 2. The number of nitrogens with zero attached hydrogens (tertiary/aromatic N) is 2. The van der Waals surface area contributed by atoms with Crippen LogP contribution in [0, 0.1) is 0 Å². The summed E-state index contributed by atoms with van der Waals surface area (Å²) in [6, 6.07) is 4.22. The number of rotatable bonds is 4. The molecule has 0 spiro atoms. The number of nitrogen functional groups attached to an aromatic ring is 1. The molecule has 0 unspecified atom stereocenters. The van der Waals surface area contributed by atoms with Crippen molar-refractivity contribution in [3.8, 4) is 5.75 Å². The van der Waals surface area contributed by atoms with Gasteiger partial charge < -0.3 is 16.2 Å². The van der Waals surface area contributed by atoms with Crippen LogP contribution in [0.4, 0.5) is 5.69 Å². The maximum absolute atomic E-state index is 11.9. The maximum Gasteiger partial charge on any atom is 0.252 e. The van der Waals surface area contributed by atoms with Crippen molar-refractivity contribution in [2.75, 3.05) is 12.3 Å². The average Bonchev–Trinajstić information content (AvgIpc) is 2.78. The van der Waals surface area contributed by atoms with Gasteiger partial charge in [0.1, 0.15) is 5.75 Å². The molecule has 1 aromatic carbocycles. The van der Waals surface area contributed by atoms with E-state index in [1.807, 2.05) is 0 Å². The molecule has 2 rings (SSSR count). The Morgan fingerprint density at radius 3 is 3.00 bits per heavy atom. The normalized spacial score (nSPS) is 10.4. The lowest BCUT2D eigenvalue weighted by Crippen LogP contribution is -2.27. The first kappa shape index (κ1) is 13.2. The highest BCUT2D eigenvalue weighted by Crippen LogP contribution is 2.20. The Labute approximate surface area is 114 Å². The van der Waals surface area contributed by atoms with Crippen LogP contribution >= 0.6 is 11.6 Å². The average molecular weight is 281 g/mol. The van der Waals surface area contributed by atoms with Gasteiger partial charge in [-0.3, -0.25) is 9.48 Å². The minimum Gasteiger partial charge on any atom is -0.508 e. The van der Waals surface area contributed by atoms with Gasteiger partial charge in [-0.25, -0.2) is 0 Å². The smallest absolute Gasteiger partial charge is 0.252 e. The largest absolute Gasteiger partial charge is 0.508 e. The number of anilines is 1. The Morgan fingerprint density at radius 1 is 1.53 bits per heavy atom. The number of benzene rings is 1. The van der Waals surface area contributed by atoms with E-state index in [0.717, 1.165) is 0 Å². The standard InChI is InChI=1S/C12H13ClN4O2/c13-11-2-1-9(18)5-10(11)12(19)15-3-4-17-7-8(14)6-16-17/h1-2,5-7,18H,3-4,14H2,(H,15,19). The molecule has 2 aromatic rings. The van der Waals surface area contributed by atoms with Crippen molar-refractivity contribution in [3.05, 3.63) is 41.2 Å². The predicted molar refractivity (Wildman–Crippen MR) is 72.1 cm³/mol. The van der Waals surface area contributed by atoms with Crippen LogP contribution in [0.15, 0.2) is 30.6 Å². The summed E-state index contributed by atoms with van der Waals surface area (Å²) >= 11 is 5.88. The number of phenolic OH excluding ortho intramolecular Hbond substituents is 1. The Kier molecular flexibility index (Phi) is 3.91. The van der Waals surface area contributed by atoms with Crippen molar-refractivity contribution in [1.29, 1.82) is 0 Å². The van der Waals surface area contributed by atoms with Crippen LogP contribution in [0.2, 0.25) is 5.02 Å². The molecule has 0 fully saturated rings. The van der Waals surface area contributed by atoms with Gasteiger partial charge in [-0.15, -0.1) is 0 Å². The van der Waals surface area contributed by atoms with Crippen molar-refractivity contribution in [2.45, 2.75) is 6.54 Å². The quantitative estimate of drug-likeness (QED) is 0.786. The number of hydrogen-bond acceptors (Lipinski definition) is 4. The SMILES string of the molecule is Nc1cnn(CCNC(=O)c2cc(O)ccc2Cl)c1. The van der Waals surface area contributed by atoms with Gasteiger partial charge in [0, 0.05) is 12.7 Å². The molecule has 0 atom stereocenters. The Bertz CT molecular complexity index is 597. The van der Waals surface area contributed by atoms with E-state index in [9.17, 15) is 9.90 Å². The lowest BCUT2D eigenvalue weighted by Gasteiger charge is -2.07. The summed E-state index contributed by atoms with van der Waals surface area (Å²) in [7, 11) is 0. The molecule has 19 heavy (non-hydrogen) atoms. The van der Waals surface area contributed by atoms with Gasteiger partial charge in [-0.05, 0) is 18.2 Å². The summed E-state index contributed by atoms with van der Waals surface area (Å²) < 4.78 is 1.62. The minimum atomic E-state index is -0.346. The van der Waals surface area contributed by atoms with E-state index in [2.05, 4.69) is 10.4 Å². The molecule has 7 heteroatoms. The molecular formula is C12H13ClN4O2. The van der Waals surface area contributed by atoms with Crippen molar-refractivity contribution in [2.24, 2.45) is 0 Å². The molecule has 0 radical (unpaired) electrons. The molecule has 0 saturated heterocycles. The molecule has 1 amide bonds. The molecule has 1 heterocycles. The third-order valence-corrected chi connectivity index (χ3v) is 2.80. The summed E-state index contributed by atoms with van der Waals surface area (Å²) in [5.41, 5.74) is 6.33. The van der Waals surface area contributed by atoms with Crippen LogP contribution < -0.4 is 11.1 Å². The van der Waals surface area contributed by atoms with E-state index in [4.69, 9.17) is 17.3 Å². The first-order valence-electron chi connectivity index (χ1n) is 5.61. The fraction of sp³-hybridized carbons (Fsp3) is 0.167. The molecule has 6 nitrogen and oxygen atoms in total. The molecule has 0 aliphatic rings. The molecule has 4 N–H and O–H groups in total. The van der Waals surface area contributed by atoms with E-state index >= 15 is 0 Å². The predicted octanol–water partition coefficient (Wildman–Crippen LogP) is 1.25. The van der Waals surface area contributed by atoms with Crippen molar-refractivity contribution >= 4 is 23.2 Å². The second-order valence-corrected chi connectivity index (χ2v) is 4.36. The molecule has 1 aromatic heterocycles. The molecule has 100 valence electrons. The van der Waals surface area contributed by atoms with Gasteiger partial charge in [0.15, 0.2) is 0 Å². The Morgan fingerprint density at radius 2 is 2.32 bits per heavy atom. The van der Waals surface area contributed by atoms with Gasteiger partial charge in [0.2, 0.25) is 0 Å². The van der Waals surface area contributed by atoms with Crippen LogP contribution in [0.3, 0.4) is 0 Å². The van der Waals surface area contributed by atoms with Crippen molar-refractivity contribution in [1.82, 2.24) is 15.1 Å². The zero-order valence-corrected chi connectivity index (χ0v) is 10.8. The van der Waals surface area contributed by atoms with Crippen LogP contribution in [-0.2, 0) is 6.54 Å². The number of nitrogens with two attached hydrogens (primary N) is 1. The summed E-state index contributed by atoms with van der Waals surface area (Å²) in [6.07, 6.45) is 3.21. The van der Waals surface area contributed by atoms with Crippen LogP contribution in [-0.4, -0.2) is 27.3 Å². The van der Waals surface area contributed by atoms with Crippen LogP contribution in [0.1, 0.15) is 10.4 Å². The second-order valence-electron chi connectivity index (χ2n) is 3.96. The number of halogens is 1. The highest BCUT2D eigenvalue weighted by Gasteiger charge is 2.10. The van der Waals surface area contributed by atoms with Gasteiger partial charge in [0.25, 0.3) is 5.91 Å². The first-order valence-corrected chi connectivity index (χ1v) is 5.98. The summed E-state index contributed by atoms with van der Waals surface area (Å²) in [4.78, 5) is 11.9. The summed E-state index contributed by atoms with van der Waals surface area (Å²) in [6.45, 7) is 0.880. The molecule has 0 aliphatic heterocycles. The zero-order chi connectivity index (χ0) is 13.8. The zero-order valence-electron chi connectivity index (χ0n) is 10.0. The summed E-state index contributed by atoms with van der Waals surface area (Å²) in [5, 5.41) is 16.3. The van der Waals surface area contributed by atoms with E-state index in [-0.39, 0.29) is 17.2 Å². The highest BCUT2D eigenvalue weighted by molar-refractivity contribution is 6.33. The third kappa shape index (κ3) is 3.38. The Hall–Kier alpha value is -2.21. The van der Waals surface area contributed by atoms with Crippen molar-refractivity contribution in [3.63, 3.8) is 0 Å². The number of hydrogen-bond donors (Lipinski definition) is 3. The van der Waals surface area contributed by atoms with Crippen LogP contribution in [0.25, 0.3) is 0 Å². The van der Waals surface area contributed by atoms with Crippen molar-refractivity contribution < 1.29 is 9.90 Å². The van der Waals surface area contributed by atoms with Gasteiger partial charge in [-0.1, -0.05) is 11.6 Å². The first-order chi connectivity index (χ1) is 9.06. The van der Waals surface area contributed by atoms with E-state index < -0.39 is 0 Å². The molecular weight excluding hydrogens is 268 g/mol. The van der Waals surface area contributed by atoms with Crippen LogP contribution in [0.5, 0.6) is 5.75 Å². The van der Waals surface area contributed by atoms with E-state index in [1.165, 1.54) is 24.4 Å². The number of carbonyl (C=O) groups is 1. The van der Waals surface area contributed by atoms with E-state index in [0.29, 0.717) is 23.8 Å². The van der Waals surface area contributed by atoms with Gasteiger partial charge in [0.05, 0.1) is 29.0 Å². The lowest BCUT2D eigenvalue weighted by molar-refractivity contribution is 0.0951. The number of phenols is 1. The lowest BCUT2D eigenvalue weighted by atomic mass is 10.2. The third-order valence-electron chi connectivity index (χ3n) is 2.47. The fourth-order valence-corrected chi connectivity index (χ4v) is 1.77. The molecule has 0 bridgehead atoms. The van der Waals surface area contributed by atoms with Gasteiger partial charge >= 0.3 is 0 Å². The maximum atomic E-state index is 11.9. The van der Waals surface area contributed by atoms with Gasteiger partial charge in [-0.2, -0.15) is 5.10 Å². The monoisotopic (exact) mass is 280 g/mol. The molecule has 0 saturated carbocycles. The summed E-state index contributed by atoms with van der Waals surface area (Å²) in [5.74, 6) is -0.351. The molecule has 0 aliphatic carbocycles. The topological polar surface area (TPSA) is 93.2 Å². The highest BCUT2D eigenvalue weighted by atomic mass is 35.5. The fourth-order valence-electron chi connectivity index (χ4n) is 1.57. The number of nitrogens with one attached hydrogen (secondary N) is 1. The minimum absolute atomic E-state index is 0.00519. The second kappa shape index (κ2) is 5.62. The Balaban J connectivity index is 1.92. The number of carbonyl (C=O) groups excluding carboxylic acids is 1.